The van der Waals surface area contributed by atoms with Gasteiger partial charge in [0.1, 0.15) is 11.4 Å². The van der Waals surface area contributed by atoms with Gasteiger partial charge in [0.25, 0.3) is 0 Å². The van der Waals surface area contributed by atoms with Gasteiger partial charge >= 0.3 is 0 Å². The molecule has 0 saturated heterocycles. The molecule has 0 atom stereocenters. The Labute approximate surface area is 168 Å². The third kappa shape index (κ3) is 3.84. The first kappa shape index (κ1) is 19.1. The minimum absolute atomic E-state index is 0.0853. The molecule has 0 fully saturated rings. The van der Waals surface area contributed by atoms with Gasteiger partial charge in [0, 0.05) is 37.0 Å². The molecule has 3 aromatic heterocycles. The Morgan fingerprint density at radius 1 is 1.21 bits per heavy atom. The van der Waals surface area contributed by atoms with Crippen LogP contribution in [0.15, 0.2) is 42.9 Å². The van der Waals surface area contributed by atoms with E-state index in [9.17, 15) is 0 Å². The standard InChI is InChI=1S/C21H24N6O2/c1-4-26-18-6-5-16(29-14(2)3)11-17(18)20(25-26)21-22-9-7-19(24-21)27-13-15(8-10-28)12-23-27/h5-7,9,11-14,28H,4,8,10H2,1-3H3. The van der Waals surface area contributed by atoms with Gasteiger partial charge in [-0.3, -0.25) is 4.68 Å². The smallest absolute Gasteiger partial charge is 0.182 e. The van der Waals surface area contributed by atoms with Gasteiger partial charge in [0.05, 0.1) is 17.8 Å². The molecule has 150 valence electrons. The second-order valence-electron chi connectivity index (χ2n) is 7.02. The highest BCUT2D eigenvalue weighted by atomic mass is 16.5. The number of aliphatic hydroxyl groups is 1. The zero-order valence-corrected chi connectivity index (χ0v) is 16.8. The van der Waals surface area contributed by atoms with Crippen LogP contribution < -0.4 is 4.74 Å². The number of fused-ring (bicyclic) bond motifs is 1. The van der Waals surface area contributed by atoms with E-state index in [1.807, 2.05) is 42.9 Å². The molecule has 8 nitrogen and oxygen atoms in total. The van der Waals surface area contributed by atoms with Crippen LogP contribution in [-0.2, 0) is 13.0 Å². The fourth-order valence-corrected chi connectivity index (χ4v) is 3.24. The minimum Gasteiger partial charge on any atom is -0.491 e. The third-order valence-electron chi connectivity index (χ3n) is 4.52. The van der Waals surface area contributed by atoms with Crippen molar-refractivity contribution in [1.82, 2.24) is 29.5 Å². The summed E-state index contributed by atoms with van der Waals surface area (Å²) in [5.74, 6) is 1.97. The second kappa shape index (κ2) is 8.00. The zero-order valence-electron chi connectivity index (χ0n) is 16.8. The molecule has 0 aliphatic heterocycles. The molecule has 8 heteroatoms. The Hall–Kier alpha value is -3.26. The predicted molar refractivity (Wildman–Crippen MR) is 110 cm³/mol. The van der Waals surface area contributed by atoms with E-state index in [-0.39, 0.29) is 12.7 Å². The van der Waals surface area contributed by atoms with E-state index in [0.717, 1.165) is 28.8 Å². The van der Waals surface area contributed by atoms with Crippen LogP contribution in [-0.4, -0.2) is 47.3 Å². The van der Waals surface area contributed by atoms with E-state index in [1.54, 1.807) is 23.1 Å². The number of rotatable bonds is 7. The predicted octanol–water partition coefficient (Wildman–Crippen LogP) is 3.02. The summed E-state index contributed by atoms with van der Waals surface area (Å²) in [5, 5.41) is 19.1. The molecule has 0 amide bonds. The topological polar surface area (TPSA) is 90.9 Å². The highest BCUT2D eigenvalue weighted by Crippen LogP contribution is 2.30. The van der Waals surface area contributed by atoms with Gasteiger partial charge in [-0.25, -0.2) is 14.6 Å². The van der Waals surface area contributed by atoms with Crippen molar-refractivity contribution in [3.05, 3.63) is 48.4 Å². The lowest BCUT2D eigenvalue weighted by Crippen LogP contribution is -2.05. The summed E-state index contributed by atoms with van der Waals surface area (Å²) in [4.78, 5) is 9.14. The fraction of sp³-hybridized carbons (Fsp3) is 0.333. The monoisotopic (exact) mass is 392 g/mol. The zero-order chi connectivity index (χ0) is 20.4. The van der Waals surface area contributed by atoms with E-state index in [2.05, 4.69) is 22.0 Å². The molecule has 4 rings (SSSR count). The summed E-state index contributed by atoms with van der Waals surface area (Å²) >= 11 is 0. The van der Waals surface area contributed by atoms with Crippen molar-refractivity contribution in [3.63, 3.8) is 0 Å². The molecule has 29 heavy (non-hydrogen) atoms. The van der Waals surface area contributed by atoms with Crippen LogP contribution in [0.2, 0.25) is 0 Å². The molecule has 0 radical (unpaired) electrons. The number of aryl methyl sites for hydroxylation is 1. The number of benzene rings is 1. The molecule has 0 unspecified atom stereocenters. The van der Waals surface area contributed by atoms with Crippen LogP contribution in [0, 0.1) is 0 Å². The summed E-state index contributed by atoms with van der Waals surface area (Å²) in [5.41, 5.74) is 2.67. The van der Waals surface area contributed by atoms with Crippen molar-refractivity contribution in [2.75, 3.05) is 6.61 Å². The van der Waals surface area contributed by atoms with Crippen molar-refractivity contribution >= 4 is 10.9 Å². The fourth-order valence-electron chi connectivity index (χ4n) is 3.24. The van der Waals surface area contributed by atoms with Crippen LogP contribution in [0.5, 0.6) is 5.75 Å². The molecule has 3 heterocycles. The SMILES string of the molecule is CCn1nc(-c2nccc(-n3cc(CCO)cn3)n2)c2cc(OC(C)C)ccc21. The summed E-state index contributed by atoms with van der Waals surface area (Å²) in [7, 11) is 0. The van der Waals surface area contributed by atoms with E-state index >= 15 is 0 Å². The van der Waals surface area contributed by atoms with Crippen LogP contribution in [0.1, 0.15) is 26.3 Å². The van der Waals surface area contributed by atoms with Gasteiger partial charge in [-0.2, -0.15) is 10.2 Å². The summed E-state index contributed by atoms with van der Waals surface area (Å²) in [6.45, 7) is 6.88. The van der Waals surface area contributed by atoms with Crippen molar-refractivity contribution < 1.29 is 9.84 Å². The second-order valence-corrected chi connectivity index (χ2v) is 7.02. The molecule has 1 N–H and O–H groups in total. The first-order valence-corrected chi connectivity index (χ1v) is 9.74. The van der Waals surface area contributed by atoms with Gasteiger partial charge in [-0.15, -0.1) is 0 Å². The molecule has 0 saturated carbocycles. The normalized spacial score (nSPS) is 11.5. The molecular formula is C21H24N6O2. The summed E-state index contributed by atoms with van der Waals surface area (Å²) in [6.07, 6.45) is 5.94. The first-order valence-electron chi connectivity index (χ1n) is 9.74. The molecule has 1 aromatic carbocycles. The van der Waals surface area contributed by atoms with E-state index in [4.69, 9.17) is 14.9 Å². The average molecular weight is 392 g/mol. The molecule has 4 aromatic rings. The average Bonchev–Trinajstić information content (AvgIpc) is 3.32. The Bertz CT molecular complexity index is 1130. The molecule has 0 aliphatic rings. The summed E-state index contributed by atoms with van der Waals surface area (Å²) < 4.78 is 9.48. The maximum atomic E-state index is 9.11. The van der Waals surface area contributed by atoms with Crippen molar-refractivity contribution in [2.45, 2.75) is 39.8 Å². The van der Waals surface area contributed by atoms with Gasteiger partial charge in [0.15, 0.2) is 11.6 Å². The largest absolute Gasteiger partial charge is 0.491 e. The van der Waals surface area contributed by atoms with E-state index < -0.39 is 0 Å². The van der Waals surface area contributed by atoms with Crippen molar-refractivity contribution in [3.8, 4) is 23.1 Å². The molecule has 0 spiro atoms. The highest BCUT2D eigenvalue weighted by Gasteiger charge is 2.16. The van der Waals surface area contributed by atoms with E-state index in [0.29, 0.717) is 23.8 Å². The maximum absolute atomic E-state index is 9.11. The maximum Gasteiger partial charge on any atom is 0.182 e. The van der Waals surface area contributed by atoms with Gasteiger partial charge in [-0.05, 0) is 51.0 Å². The number of hydrogen-bond acceptors (Lipinski definition) is 6. The Kier molecular flexibility index (Phi) is 5.26. The first-order chi connectivity index (χ1) is 14.1. The lowest BCUT2D eigenvalue weighted by molar-refractivity contribution is 0.243. The van der Waals surface area contributed by atoms with Crippen molar-refractivity contribution in [1.29, 1.82) is 0 Å². The van der Waals surface area contributed by atoms with E-state index in [1.165, 1.54) is 0 Å². The van der Waals surface area contributed by atoms with Crippen LogP contribution in [0.4, 0.5) is 0 Å². The van der Waals surface area contributed by atoms with Gasteiger partial charge in [0.2, 0.25) is 0 Å². The number of ether oxygens (including phenoxy) is 1. The quantitative estimate of drug-likeness (QED) is 0.520. The highest BCUT2D eigenvalue weighted by molar-refractivity contribution is 5.92. The third-order valence-corrected chi connectivity index (χ3v) is 4.52. The van der Waals surface area contributed by atoms with Crippen LogP contribution in [0.3, 0.4) is 0 Å². The van der Waals surface area contributed by atoms with Crippen LogP contribution in [0.25, 0.3) is 28.2 Å². The lowest BCUT2D eigenvalue weighted by atomic mass is 10.2. The van der Waals surface area contributed by atoms with Crippen LogP contribution >= 0.6 is 0 Å². The number of hydrogen-bond donors (Lipinski definition) is 1. The number of nitrogens with zero attached hydrogens (tertiary/aromatic N) is 6. The van der Waals surface area contributed by atoms with Gasteiger partial charge in [-0.1, -0.05) is 0 Å². The Morgan fingerprint density at radius 3 is 2.83 bits per heavy atom. The lowest BCUT2D eigenvalue weighted by Gasteiger charge is -2.09. The Morgan fingerprint density at radius 2 is 2.07 bits per heavy atom. The molecular weight excluding hydrogens is 368 g/mol. The van der Waals surface area contributed by atoms with Crippen molar-refractivity contribution in [2.24, 2.45) is 0 Å². The van der Waals surface area contributed by atoms with Gasteiger partial charge < -0.3 is 9.84 Å². The summed E-state index contributed by atoms with van der Waals surface area (Å²) in [6, 6.07) is 7.77. The number of aromatic nitrogens is 6. The minimum atomic E-state index is 0.0853. The molecule has 0 aliphatic carbocycles. The molecule has 0 bridgehead atoms. The Balaban J connectivity index is 1.79. The number of aliphatic hydroxyl groups excluding tert-OH is 1.